The number of halogens is 2. The predicted molar refractivity (Wildman–Crippen MR) is 168 cm³/mol. The Hall–Kier alpha value is -0.747. The fourth-order valence-corrected chi connectivity index (χ4v) is 6.52. The molecule has 0 aliphatic heterocycles. The van der Waals surface area contributed by atoms with Gasteiger partial charge in [0.1, 0.15) is 0 Å². The van der Waals surface area contributed by atoms with E-state index in [0.717, 1.165) is 6.42 Å². The topological polar surface area (TPSA) is 0 Å². The SMILES string of the molecule is CC(C)(C)c1[c-]c2c(cc1)-c1ccc(C(C)(C)C)cc1C2.CC1=[C-]C(C)C=C1C(C)(C)C.[Cl-].[Cl-].[Zr+2]=[C]1CCCCC1. The summed E-state index contributed by atoms with van der Waals surface area (Å²) in [4.78, 5) is 0. The maximum absolute atomic E-state index is 3.67. The normalized spacial score (nSPS) is 17.8. The molecule has 0 bridgehead atoms. The predicted octanol–water partition coefficient (Wildman–Crippen LogP) is 4.69. The van der Waals surface area contributed by atoms with Crippen LogP contribution in [0.2, 0.25) is 0 Å². The van der Waals surface area contributed by atoms with Crippen molar-refractivity contribution in [2.75, 3.05) is 0 Å². The van der Waals surface area contributed by atoms with E-state index in [9.17, 15) is 0 Å². The zero-order valence-electron chi connectivity index (χ0n) is 27.5. The van der Waals surface area contributed by atoms with Gasteiger partial charge < -0.3 is 24.8 Å². The molecule has 1 unspecified atom stereocenters. The van der Waals surface area contributed by atoms with Crippen LogP contribution >= 0.6 is 0 Å². The van der Waals surface area contributed by atoms with Crippen LogP contribution in [0.25, 0.3) is 11.1 Å². The molecule has 1 fully saturated rings. The molecule has 0 radical (unpaired) electrons. The number of allylic oxidation sites excluding steroid dienone is 4. The van der Waals surface area contributed by atoms with Crippen molar-refractivity contribution in [3.05, 3.63) is 82.0 Å². The first kappa shape index (κ1) is 38.3. The molecule has 3 aliphatic rings. The summed E-state index contributed by atoms with van der Waals surface area (Å²) >= 11 is 1.69. The Bertz CT molecular complexity index is 1170. The average Bonchev–Trinajstić information content (AvgIpc) is 3.37. The molecule has 0 aromatic heterocycles. The Morgan fingerprint density at radius 3 is 1.76 bits per heavy atom. The van der Waals surface area contributed by atoms with Crippen molar-refractivity contribution in [3.63, 3.8) is 0 Å². The molecule has 0 N–H and O–H groups in total. The Balaban J connectivity index is 0.000000353. The summed E-state index contributed by atoms with van der Waals surface area (Å²) in [7, 11) is 0. The third-order valence-electron chi connectivity index (χ3n) is 7.99. The quantitative estimate of drug-likeness (QED) is 0.305. The van der Waals surface area contributed by atoms with Crippen LogP contribution in [0.4, 0.5) is 0 Å². The van der Waals surface area contributed by atoms with Gasteiger partial charge in [0.2, 0.25) is 0 Å². The number of benzene rings is 2. The van der Waals surface area contributed by atoms with Gasteiger partial charge in [-0.05, 0) is 28.4 Å². The van der Waals surface area contributed by atoms with E-state index < -0.39 is 0 Å². The van der Waals surface area contributed by atoms with Crippen LogP contribution in [0.3, 0.4) is 0 Å². The molecule has 2 aromatic rings. The van der Waals surface area contributed by atoms with Crippen molar-refractivity contribution in [3.8, 4) is 11.1 Å². The summed E-state index contributed by atoms with van der Waals surface area (Å²) in [5.74, 6) is 0.518. The summed E-state index contributed by atoms with van der Waals surface area (Å²) in [6.07, 6.45) is 14.1. The first-order valence-electron chi connectivity index (χ1n) is 15.1. The van der Waals surface area contributed by atoms with Gasteiger partial charge in [0, 0.05) is 0 Å². The van der Waals surface area contributed by atoms with Gasteiger partial charge in [0.15, 0.2) is 0 Å². The van der Waals surface area contributed by atoms with Crippen LogP contribution in [0, 0.1) is 23.5 Å². The second kappa shape index (κ2) is 15.3. The number of fused-ring (bicyclic) bond motifs is 3. The van der Waals surface area contributed by atoms with Gasteiger partial charge in [-0.1, -0.05) is 111 Å². The van der Waals surface area contributed by atoms with E-state index in [-0.39, 0.29) is 35.6 Å². The molecule has 0 spiro atoms. The molecule has 0 saturated heterocycles. The monoisotopic (exact) mass is 668 g/mol. The summed E-state index contributed by atoms with van der Waals surface area (Å²) in [6.45, 7) is 24.7. The molecule has 3 aliphatic carbocycles. The van der Waals surface area contributed by atoms with Crippen molar-refractivity contribution >= 4 is 3.21 Å². The van der Waals surface area contributed by atoms with E-state index in [2.05, 4.69) is 125 Å². The number of rotatable bonds is 0. The van der Waals surface area contributed by atoms with Gasteiger partial charge in [-0.15, -0.1) is 11.1 Å². The molecule has 1 atom stereocenters. The first-order chi connectivity index (χ1) is 18.0. The van der Waals surface area contributed by atoms with E-state index in [1.54, 1.807) is 27.4 Å². The second-order valence-corrected chi connectivity index (χ2v) is 16.6. The van der Waals surface area contributed by atoms with Crippen LogP contribution in [0.15, 0.2) is 47.6 Å². The van der Waals surface area contributed by atoms with Gasteiger partial charge in [0.25, 0.3) is 0 Å². The van der Waals surface area contributed by atoms with E-state index in [0.29, 0.717) is 11.3 Å². The summed E-state index contributed by atoms with van der Waals surface area (Å²) < 4.78 is 1.80. The van der Waals surface area contributed by atoms with Gasteiger partial charge in [-0.25, -0.2) is 5.57 Å². The second-order valence-electron chi connectivity index (χ2n) is 14.9. The molecule has 0 heterocycles. The van der Waals surface area contributed by atoms with Crippen LogP contribution in [0.5, 0.6) is 0 Å². The van der Waals surface area contributed by atoms with Crippen LogP contribution in [-0.4, -0.2) is 3.21 Å². The van der Waals surface area contributed by atoms with Crippen molar-refractivity contribution < 1.29 is 49.0 Å². The van der Waals surface area contributed by atoms with E-state index in [4.69, 9.17) is 0 Å². The minimum absolute atomic E-state index is 0. The number of hydrogen-bond donors (Lipinski definition) is 0. The molecule has 5 rings (SSSR count). The Morgan fingerprint density at radius 1 is 0.756 bits per heavy atom. The third-order valence-corrected chi connectivity index (χ3v) is 9.22. The molecule has 3 heteroatoms. The molecule has 0 nitrogen and oxygen atoms in total. The van der Waals surface area contributed by atoms with Crippen molar-refractivity contribution in [2.24, 2.45) is 11.3 Å². The fourth-order valence-electron chi connectivity index (χ4n) is 5.65. The van der Waals surface area contributed by atoms with Crippen molar-refractivity contribution in [1.82, 2.24) is 0 Å². The van der Waals surface area contributed by atoms with Crippen molar-refractivity contribution in [2.45, 2.75) is 126 Å². The Labute approximate surface area is 280 Å². The molecule has 224 valence electrons. The molecule has 2 aromatic carbocycles. The molecular weight excluding hydrogens is 619 g/mol. The summed E-state index contributed by atoms with van der Waals surface area (Å²) in [5.41, 5.74) is 11.8. The zero-order chi connectivity index (χ0) is 29.2. The van der Waals surface area contributed by atoms with E-state index in [1.165, 1.54) is 76.6 Å². The third kappa shape index (κ3) is 10.7. The minimum atomic E-state index is 0. The molecule has 0 amide bonds. The van der Waals surface area contributed by atoms with Crippen LogP contribution in [-0.2, 0) is 41.5 Å². The van der Waals surface area contributed by atoms with Gasteiger partial charge in [0.05, 0.1) is 0 Å². The van der Waals surface area contributed by atoms with E-state index >= 15 is 0 Å². The fraction of sp³-hybridized carbons (Fsp3) is 0.553. The average molecular weight is 671 g/mol. The number of hydrogen-bond acceptors (Lipinski definition) is 0. The maximum atomic E-state index is 3.67. The molecule has 1 saturated carbocycles. The molecule has 41 heavy (non-hydrogen) atoms. The summed E-state index contributed by atoms with van der Waals surface area (Å²) in [6, 6.07) is 15.2. The van der Waals surface area contributed by atoms with Gasteiger partial charge >= 0.3 is 59.5 Å². The Kier molecular flexibility index (Phi) is 14.3. The van der Waals surface area contributed by atoms with Gasteiger partial charge in [-0.2, -0.15) is 35.4 Å². The van der Waals surface area contributed by atoms with E-state index in [1.807, 2.05) is 0 Å². The molecular formula is C38H52Cl2Zr-2. The van der Waals surface area contributed by atoms with Gasteiger partial charge in [-0.3, -0.25) is 6.08 Å². The van der Waals surface area contributed by atoms with Crippen LogP contribution in [0.1, 0.15) is 131 Å². The van der Waals surface area contributed by atoms with Crippen molar-refractivity contribution in [1.29, 1.82) is 0 Å². The van der Waals surface area contributed by atoms with Crippen LogP contribution < -0.4 is 24.8 Å². The zero-order valence-corrected chi connectivity index (χ0v) is 31.5. The Morgan fingerprint density at radius 2 is 1.34 bits per heavy atom. The summed E-state index contributed by atoms with van der Waals surface area (Å²) in [5, 5.41) is 0. The standard InChI is InChI=1S/C21H25.C11H17.C6H10.2ClH.Zr/c1-20(2,3)16-7-9-18-14(12-16)11-15-13-17(21(4,5)6)8-10-19(15)18;1-8-6-9(2)10(7-8)11(3,4)5;1-2-4-6-5-3-1;;;/h7-10,12H,11H2,1-6H3;7-8H,1-5H3;1-5H2;2*1H;/q2*-1;;;;+2/p-2. The first-order valence-corrected chi connectivity index (χ1v) is 16.3.